The van der Waals surface area contributed by atoms with Crippen LogP contribution in [0, 0.1) is 6.92 Å². The Morgan fingerprint density at radius 3 is 2.81 bits per heavy atom. The Bertz CT molecular complexity index is 648. The predicted molar refractivity (Wildman–Crippen MR) is 60.0 cm³/mol. The lowest BCUT2D eigenvalue weighted by atomic mass is 10.2. The maximum Gasteiger partial charge on any atom is 0.158 e. The van der Waals surface area contributed by atoms with Crippen LogP contribution < -0.4 is 0 Å². The van der Waals surface area contributed by atoms with Crippen LogP contribution in [0.4, 0.5) is 0 Å². The van der Waals surface area contributed by atoms with E-state index in [9.17, 15) is 8.42 Å². The van der Waals surface area contributed by atoms with Crippen LogP contribution in [0.1, 0.15) is 11.6 Å². The Balaban J connectivity index is 2.06. The molecule has 3 heterocycles. The van der Waals surface area contributed by atoms with Crippen LogP contribution in [-0.2, 0) is 9.84 Å². The van der Waals surface area contributed by atoms with Gasteiger partial charge in [0.25, 0.3) is 0 Å². The highest BCUT2D eigenvalue weighted by Gasteiger charge is 2.36. The summed E-state index contributed by atoms with van der Waals surface area (Å²) in [5, 5.41) is 5.18. The van der Waals surface area contributed by atoms with Gasteiger partial charge in [0, 0.05) is 11.6 Å². The van der Waals surface area contributed by atoms with Gasteiger partial charge in [0.05, 0.1) is 23.7 Å². The first kappa shape index (κ1) is 9.77. The SMILES string of the molecule is Cc1cnc2c(cnn2C2CS(=O)(=O)C2)c1. The Hall–Kier alpha value is -1.43. The summed E-state index contributed by atoms with van der Waals surface area (Å²) in [6.45, 7) is 1.97. The molecule has 6 heteroatoms. The number of fused-ring (bicyclic) bond motifs is 1. The van der Waals surface area contributed by atoms with E-state index in [1.807, 2.05) is 13.0 Å². The molecule has 0 aromatic carbocycles. The lowest BCUT2D eigenvalue weighted by molar-refractivity contribution is 0.482. The number of hydrogen-bond acceptors (Lipinski definition) is 4. The predicted octanol–water partition coefficient (Wildman–Crippen LogP) is 0.709. The second-order valence-corrected chi connectivity index (χ2v) is 6.40. The van der Waals surface area contributed by atoms with Crippen molar-refractivity contribution < 1.29 is 8.42 Å². The van der Waals surface area contributed by atoms with Gasteiger partial charge in [-0.25, -0.2) is 18.1 Å². The molecule has 84 valence electrons. The normalized spacial score (nSPS) is 19.8. The van der Waals surface area contributed by atoms with Crippen molar-refractivity contribution in [3.05, 3.63) is 24.0 Å². The van der Waals surface area contributed by atoms with Crippen molar-refractivity contribution in [2.75, 3.05) is 11.5 Å². The molecule has 5 nitrogen and oxygen atoms in total. The monoisotopic (exact) mass is 237 g/mol. The standard InChI is InChI=1S/C10H11N3O2S/c1-7-2-8-4-12-13(10(8)11-3-7)9-5-16(14,15)6-9/h2-4,9H,5-6H2,1H3. The molecular formula is C10H11N3O2S. The van der Waals surface area contributed by atoms with E-state index in [0.717, 1.165) is 16.6 Å². The fraction of sp³-hybridized carbons (Fsp3) is 0.400. The number of nitrogens with zero attached hydrogens (tertiary/aromatic N) is 3. The van der Waals surface area contributed by atoms with Crippen LogP contribution in [0.2, 0.25) is 0 Å². The van der Waals surface area contributed by atoms with Crippen LogP contribution >= 0.6 is 0 Å². The first-order chi connectivity index (χ1) is 7.55. The van der Waals surface area contributed by atoms with Gasteiger partial charge in [-0.3, -0.25) is 0 Å². The van der Waals surface area contributed by atoms with E-state index >= 15 is 0 Å². The number of sulfone groups is 1. The van der Waals surface area contributed by atoms with Crippen LogP contribution in [-0.4, -0.2) is 34.7 Å². The van der Waals surface area contributed by atoms with Gasteiger partial charge in [0.2, 0.25) is 0 Å². The molecule has 1 saturated heterocycles. The van der Waals surface area contributed by atoms with Gasteiger partial charge in [-0.1, -0.05) is 0 Å². The summed E-state index contributed by atoms with van der Waals surface area (Å²) >= 11 is 0. The average molecular weight is 237 g/mol. The molecule has 1 aliphatic heterocycles. The van der Waals surface area contributed by atoms with Crippen molar-refractivity contribution in [2.24, 2.45) is 0 Å². The second kappa shape index (κ2) is 3.04. The minimum atomic E-state index is -2.82. The summed E-state index contributed by atoms with van der Waals surface area (Å²) in [6.07, 6.45) is 3.51. The molecule has 0 spiro atoms. The Labute approximate surface area is 93.0 Å². The molecule has 0 bridgehead atoms. The van der Waals surface area contributed by atoms with E-state index in [1.54, 1.807) is 17.1 Å². The van der Waals surface area contributed by atoms with Gasteiger partial charge in [-0.2, -0.15) is 5.10 Å². The molecule has 2 aromatic heterocycles. The number of aryl methyl sites for hydroxylation is 1. The molecular weight excluding hydrogens is 226 g/mol. The highest BCUT2D eigenvalue weighted by Crippen LogP contribution is 2.26. The van der Waals surface area contributed by atoms with E-state index in [1.165, 1.54) is 0 Å². The van der Waals surface area contributed by atoms with Crippen LogP contribution in [0.25, 0.3) is 11.0 Å². The first-order valence-corrected chi connectivity index (χ1v) is 6.88. The Kier molecular flexibility index (Phi) is 1.85. The van der Waals surface area contributed by atoms with Gasteiger partial charge < -0.3 is 0 Å². The summed E-state index contributed by atoms with van der Waals surface area (Å²) in [5.74, 6) is 0.360. The van der Waals surface area contributed by atoms with Gasteiger partial charge >= 0.3 is 0 Å². The van der Waals surface area contributed by atoms with Gasteiger partial charge in [-0.15, -0.1) is 0 Å². The summed E-state index contributed by atoms with van der Waals surface area (Å²) in [7, 11) is -2.82. The maximum absolute atomic E-state index is 11.1. The lowest BCUT2D eigenvalue weighted by Gasteiger charge is -2.26. The summed E-state index contributed by atoms with van der Waals surface area (Å²) < 4.78 is 24.0. The molecule has 0 N–H and O–H groups in total. The number of hydrogen-bond donors (Lipinski definition) is 0. The number of aromatic nitrogens is 3. The van der Waals surface area contributed by atoms with Gasteiger partial charge in [0.1, 0.15) is 0 Å². The van der Waals surface area contributed by atoms with E-state index in [4.69, 9.17) is 0 Å². The third kappa shape index (κ3) is 1.41. The Morgan fingerprint density at radius 2 is 2.12 bits per heavy atom. The highest BCUT2D eigenvalue weighted by molar-refractivity contribution is 7.92. The average Bonchev–Trinajstić information content (AvgIpc) is 2.56. The van der Waals surface area contributed by atoms with Crippen molar-refractivity contribution in [1.29, 1.82) is 0 Å². The lowest BCUT2D eigenvalue weighted by Crippen LogP contribution is -2.38. The zero-order valence-corrected chi connectivity index (χ0v) is 9.61. The fourth-order valence-corrected chi connectivity index (χ4v) is 3.35. The van der Waals surface area contributed by atoms with Crippen LogP contribution in [0.5, 0.6) is 0 Å². The number of rotatable bonds is 1. The van der Waals surface area contributed by atoms with Crippen molar-refractivity contribution in [3.8, 4) is 0 Å². The first-order valence-electron chi connectivity index (χ1n) is 5.05. The molecule has 2 aromatic rings. The van der Waals surface area contributed by atoms with E-state index in [-0.39, 0.29) is 17.5 Å². The van der Waals surface area contributed by atoms with E-state index in [2.05, 4.69) is 10.1 Å². The third-order valence-electron chi connectivity index (χ3n) is 2.81. The molecule has 0 atom stereocenters. The molecule has 3 rings (SSSR count). The van der Waals surface area contributed by atoms with E-state index < -0.39 is 9.84 Å². The number of pyridine rings is 1. The zero-order valence-electron chi connectivity index (χ0n) is 8.79. The summed E-state index contributed by atoms with van der Waals surface area (Å²) in [6, 6.07) is 1.96. The van der Waals surface area contributed by atoms with E-state index in [0.29, 0.717) is 0 Å². The minimum absolute atomic E-state index is 0.0438. The molecule has 0 unspecified atom stereocenters. The topological polar surface area (TPSA) is 64.8 Å². The Morgan fingerprint density at radius 1 is 1.38 bits per heavy atom. The van der Waals surface area contributed by atoms with Crippen molar-refractivity contribution in [3.63, 3.8) is 0 Å². The smallest absolute Gasteiger partial charge is 0.158 e. The summed E-state index contributed by atoms with van der Waals surface area (Å²) in [4.78, 5) is 4.30. The molecule has 0 saturated carbocycles. The zero-order chi connectivity index (χ0) is 11.3. The third-order valence-corrected chi connectivity index (χ3v) is 4.59. The fourth-order valence-electron chi connectivity index (χ4n) is 2.00. The van der Waals surface area contributed by atoms with Crippen molar-refractivity contribution in [2.45, 2.75) is 13.0 Å². The van der Waals surface area contributed by atoms with Crippen molar-refractivity contribution in [1.82, 2.24) is 14.8 Å². The van der Waals surface area contributed by atoms with Crippen LogP contribution in [0.3, 0.4) is 0 Å². The van der Waals surface area contributed by atoms with Gasteiger partial charge in [-0.05, 0) is 18.6 Å². The molecule has 0 amide bonds. The van der Waals surface area contributed by atoms with Crippen molar-refractivity contribution >= 4 is 20.9 Å². The molecule has 16 heavy (non-hydrogen) atoms. The molecule has 0 aliphatic carbocycles. The molecule has 1 aliphatic rings. The largest absolute Gasteiger partial charge is 0.242 e. The highest BCUT2D eigenvalue weighted by atomic mass is 32.2. The minimum Gasteiger partial charge on any atom is -0.242 e. The summed E-state index contributed by atoms with van der Waals surface area (Å²) in [5.41, 5.74) is 1.85. The molecule has 0 radical (unpaired) electrons. The second-order valence-electron chi connectivity index (χ2n) is 4.25. The van der Waals surface area contributed by atoms with Gasteiger partial charge in [0.15, 0.2) is 15.5 Å². The molecule has 1 fully saturated rings. The quantitative estimate of drug-likeness (QED) is 0.732. The maximum atomic E-state index is 11.1. The van der Waals surface area contributed by atoms with Crippen LogP contribution in [0.15, 0.2) is 18.5 Å².